The molecule has 1 heterocycles. The van der Waals surface area contributed by atoms with Gasteiger partial charge in [0.15, 0.2) is 0 Å². The first-order valence-electron chi connectivity index (χ1n) is 7.40. The van der Waals surface area contributed by atoms with Gasteiger partial charge in [0.1, 0.15) is 0 Å². The van der Waals surface area contributed by atoms with Gasteiger partial charge < -0.3 is 15.0 Å². The fraction of sp³-hybridized carbons (Fsp3) is 0.733. The molecule has 0 aliphatic heterocycles. The Kier molecular flexibility index (Phi) is 4.48. The second-order valence-corrected chi connectivity index (χ2v) is 6.35. The second kappa shape index (κ2) is 5.95. The number of rotatable bonds is 6. The normalized spacial score (nSPS) is 25.8. The van der Waals surface area contributed by atoms with Crippen LogP contribution in [0.2, 0.25) is 0 Å². The fourth-order valence-corrected chi connectivity index (χ4v) is 2.79. The van der Waals surface area contributed by atoms with Gasteiger partial charge in [0.05, 0.1) is 12.4 Å². The van der Waals surface area contributed by atoms with Crippen LogP contribution < -0.4 is 5.32 Å². The van der Waals surface area contributed by atoms with Crippen molar-refractivity contribution in [2.45, 2.75) is 64.6 Å². The Balaban J connectivity index is 1.90. The first kappa shape index (κ1) is 15.0. The van der Waals surface area contributed by atoms with Crippen LogP contribution in [0.25, 0.3) is 0 Å². The van der Waals surface area contributed by atoms with Crippen LogP contribution in [0.15, 0.2) is 18.7 Å². The molecule has 2 N–H and O–H groups in total. The van der Waals surface area contributed by atoms with Crippen molar-refractivity contribution in [3.05, 3.63) is 18.7 Å². The molecule has 1 amide bonds. The Morgan fingerprint density at radius 3 is 2.85 bits per heavy atom. The molecule has 3 unspecified atom stereocenters. The van der Waals surface area contributed by atoms with Crippen molar-refractivity contribution >= 4 is 5.91 Å². The first-order chi connectivity index (χ1) is 9.45. The first-order valence-corrected chi connectivity index (χ1v) is 7.40. The maximum atomic E-state index is 12.2. The third-order valence-electron chi connectivity index (χ3n) is 4.54. The lowest BCUT2D eigenvalue weighted by Crippen LogP contribution is -2.61. The second-order valence-electron chi connectivity index (χ2n) is 6.35. The lowest BCUT2D eigenvalue weighted by molar-refractivity contribution is -0.130. The van der Waals surface area contributed by atoms with E-state index in [1.54, 1.807) is 12.5 Å². The van der Waals surface area contributed by atoms with Crippen LogP contribution in [0.4, 0.5) is 0 Å². The summed E-state index contributed by atoms with van der Waals surface area (Å²) in [6, 6.07) is 0.241. The van der Waals surface area contributed by atoms with Gasteiger partial charge in [-0.1, -0.05) is 27.2 Å². The molecule has 1 fully saturated rings. The topological polar surface area (TPSA) is 67.2 Å². The monoisotopic (exact) mass is 279 g/mol. The number of aliphatic hydroxyl groups is 1. The summed E-state index contributed by atoms with van der Waals surface area (Å²) in [5, 5.41) is 12.8. The van der Waals surface area contributed by atoms with Gasteiger partial charge in [0.2, 0.25) is 5.91 Å². The average molecular weight is 279 g/mol. The Morgan fingerprint density at radius 1 is 1.60 bits per heavy atom. The minimum atomic E-state index is -0.312. The van der Waals surface area contributed by atoms with E-state index in [0.717, 1.165) is 12.8 Å². The van der Waals surface area contributed by atoms with E-state index in [-0.39, 0.29) is 29.5 Å². The van der Waals surface area contributed by atoms with Gasteiger partial charge >= 0.3 is 0 Å². The highest BCUT2D eigenvalue weighted by molar-refractivity contribution is 5.77. The summed E-state index contributed by atoms with van der Waals surface area (Å²) in [6.45, 7) is 6.10. The largest absolute Gasteiger partial charge is 0.392 e. The van der Waals surface area contributed by atoms with Gasteiger partial charge in [-0.15, -0.1) is 0 Å². The third-order valence-corrected chi connectivity index (χ3v) is 4.54. The molecule has 2 rings (SSSR count). The molecule has 20 heavy (non-hydrogen) atoms. The van der Waals surface area contributed by atoms with Crippen LogP contribution in [-0.2, 0) is 4.79 Å². The molecule has 0 bridgehead atoms. The molecule has 0 radical (unpaired) electrons. The third kappa shape index (κ3) is 3.03. The zero-order chi connectivity index (χ0) is 14.8. The van der Waals surface area contributed by atoms with Crippen LogP contribution in [0.3, 0.4) is 0 Å². The SMILES string of the molecule is CCCC(CC(=O)NC1CC(O)C1(C)C)n1ccnc1. The quantitative estimate of drug-likeness (QED) is 0.835. The number of amides is 1. The van der Waals surface area contributed by atoms with Gasteiger partial charge in [0.25, 0.3) is 0 Å². The molecule has 112 valence electrons. The minimum Gasteiger partial charge on any atom is -0.392 e. The van der Waals surface area contributed by atoms with E-state index in [2.05, 4.69) is 17.2 Å². The lowest BCUT2D eigenvalue weighted by Gasteiger charge is -2.49. The smallest absolute Gasteiger partial charge is 0.222 e. The predicted octanol–water partition coefficient (Wildman–Crippen LogP) is 1.89. The van der Waals surface area contributed by atoms with Crippen molar-refractivity contribution in [1.29, 1.82) is 0 Å². The van der Waals surface area contributed by atoms with E-state index in [9.17, 15) is 9.90 Å². The Hall–Kier alpha value is -1.36. The maximum absolute atomic E-state index is 12.2. The van der Waals surface area contributed by atoms with E-state index in [1.165, 1.54) is 0 Å². The lowest BCUT2D eigenvalue weighted by atomic mass is 9.64. The highest BCUT2D eigenvalue weighted by Crippen LogP contribution is 2.40. The molecule has 1 aliphatic carbocycles. The van der Waals surface area contributed by atoms with Crippen molar-refractivity contribution in [3.8, 4) is 0 Å². The van der Waals surface area contributed by atoms with Crippen molar-refractivity contribution < 1.29 is 9.90 Å². The molecular formula is C15H25N3O2. The molecule has 0 spiro atoms. The van der Waals surface area contributed by atoms with Gasteiger partial charge in [-0.2, -0.15) is 0 Å². The number of aromatic nitrogens is 2. The van der Waals surface area contributed by atoms with Gasteiger partial charge in [-0.05, 0) is 12.8 Å². The molecule has 1 aromatic rings. The summed E-state index contributed by atoms with van der Waals surface area (Å²) in [5.74, 6) is 0.0575. The summed E-state index contributed by atoms with van der Waals surface area (Å²) in [6.07, 6.45) is 8.22. The number of imidazole rings is 1. The summed E-state index contributed by atoms with van der Waals surface area (Å²) in [4.78, 5) is 16.2. The Bertz CT molecular complexity index is 442. The zero-order valence-corrected chi connectivity index (χ0v) is 12.5. The zero-order valence-electron chi connectivity index (χ0n) is 12.5. The van der Waals surface area contributed by atoms with E-state index < -0.39 is 0 Å². The highest BCUT2D eigenvalue weighted by atomic mass is 16.3. The van der Waals surface area contributed by atoms with Gasteiger partial charge in [0, 0.05) is 36.3 Å². The number of aliphatic hydroxyl groups excluding tert-OH is 1. The van der Waals surface area contributed by atoms with Crippen LogP contribution in [-0.4, -0.2) is 32.7 Å². The van der Waals surface area contributed by atoms with Gasteiger partial charge in [-0.3, -0.25) is 4.79 Å². The minimum absolute atomic E-state index is 0.0575. The van der Waals surface area contributed by atoms with Crippen LogP contribution in [0.5, 0.6) is 0 Å². The summed E-state index contributed by atoms with van der Waals surface area (Å²) < 4.78 is 2.00. The highest BCUT2D eigenvalue weighted by Gasteiger charge is 2.47. The van der Waals surface area contributed by atoms with E-state index >= 15 is 0 Å². The molecule has 3 atom stereocenters. The number of nitrogens with zero attached hydrogens (tertiary/aromatic N) is 2. The molecule has 5 heteroatoms. The molecule has 0 saturated heterocycles. The molecule has 1 saturated carbocycles. The van der Waals surface area contributed by atoms with E-state index in [4.69, 9.17) is 0 Å². The summed E-state index contributed by atoms with van der Waals surface area (Å²) in [7, 11) is 0. The van der Waals surface area contributed by atoms with Crippen molar-refractivity contribution in [3.63, 3.8) is 0 Å². The predicted molar refractivity (Wildman–Crippen MR) is 77.1 cm³/mol. The van der Waals surface area contributed by atoms with Crippen LogP contribution in [0.1, 0.15) is 52.5 Å². The average Bonchev–Trinajstić information content (AvgIpc) is 2.91. The molecular weight excluding hydrogens is 254 g/mol. The standard InChI is InChI=1S/C15H25N3O2/c1-4-5-11(18-7-6-16-10-18)8-14(20)17-12-9-13(19)15(12,2)3/h6-7,10-13,19H,4-5,8-9H2,1-3H3,(H,17,20). The molecule has 1 aromatic heterocycles. The maximum Gasteiger partial charge on any atom is 0.222 e. The van der Waals surface area contributed by atoms with Crippen LogP contribution in [0, 0.1) is 5.41 Å². The van der Waals surface area contributed by atoms with Gasteiger partial charge in [-0.25, -0.2) is 4.98 Å². The van der Waals surface area contributed by atoms with E-state index in [0.29, 0.717) is 12.8 Å². The molecule has 1 aliphatic rings. The van der Waals surface area contributed by atoms with Crippen LogP contribution >= 0.6 is 0 Å². The number of carbonyl (C=O) groups excluding carboxylic acids is 1. The fourth-order valence-electron chi connectivity index (χ4n) is 2.79. The van der Waals surface area contributed by atoms with Crippen molar-refractivity contribution in [2.24, 2.45) is 5.41 Å². The molecule has 0 aromatic carbocycles. The van der Waals surface area contributed by atoms with E-state index in [1.807, 2.05) is 24.6 Å². The number of hydrogen-bond acceptors (Lipinski definition) is 3. The van der Waals surface area contributed by atoms with Crippen molar-refractivity contribution in [1.82, 2.24) is 14.9 Å². The van der Waals surface area contributed by atoms with Crippen molar-refractivity contribution in [2.75, 3.05) is 0 Å². The number of nitrogens with one attached hydrogen (secondary N) is 1. The Labute approximate surface area is 120 Å². The molecule has 5 nitrogen and oxygen atoms in total. The summed E-state index contributed by atoms with van der Waals surface area (Å²) in [5.41, 5.74) is -0.217. The Morgan fingerprint density at radius 2 is 2.35 bits per heavy atom. The summed E-state index contributed by atoms with van der Waals surface area (Å²) >= 11 is 0. The number of hydrogen-bond donors (Lipinski definition) is 2. The number of carbonyl (C=O) groups is 1.